The van der Waals surface area contributed by atoms with Crippen molar-refractivity contribution in [2.24, 2.45) is 11.7 Å². The minimum absolute atomic E-state index is 0.0849. The van der Waals surface area contributed by atoms with E-state index in [-0.39, 0.29) is 11.9 Å². The van der Waals surface area contributed by atoms with Gasteiger partial charge in [0.15, 0.2) is 6.10 Å². The minimum atomic E-state index is -0.520. The first-order chi connectivity index (χ1) is 10.4. The molecule has 0 radical (unpaired) electrons. The normalized spacial score (nSPS) is 17.2. The predicted octanol–water partition coefficient (Wildman–Crippen LogP) is 2.74. The van der Waals surface area contributed by atoms with E-state index < -0.39 is 6.10 Å². The maximum absolute atomic E-state index is 12.3. The van der Waals surface area contributed by atoms with Crippen molar-refractivity contribution in [1.29, 1.82) is 0 Å². The fourth-order valence-electron chi connectivity index (χ4n) is 2.51. The van der Waals surface area contributed by atoms with Gasteiger partial charge in [-0.05, 0) is 55.7 Å². The third kappa shape index (κ3) is 4.23. The van der Waals surface area contributed by atoms with Gasteiger partial charge in [-0.15, -0.1) is 0 Å². The van der Waals surface area contributed by atoms with Gasteiger partial charge in [-0.25, -0.2) is 0 Å². The molecule has 1 amide bonds. The van der Waals surface area contributed by atoms with Crippen molar-refractivity contribution in [3.8, 4) is 5.75 Å². The zero-order valence-electron chi connectivity index (χ0n) is 14.1. The van der Waals surface area contributed by atoms with Gasteiger partial charge in [0.25, 0.3) is 5.91 Å². The lowest BCUT2D eigenvalue weighted by atomic mass is 10.0. The molecule has 22 heavy (non-hydrogen) atoms. The van der Waals surface area contributed by atoms with E-state index in [9.17, 15) is 4.79 Å². The lowest BCUT2D eigenvalue weighted by molar-refractivity contribution is -0.128. The third-order valence-electron chi connectivity index (χ3n) is 4.32. The second kappa shape index (κ2) is 7.14. The summed E-state index contributed by atoms with van der Waals surface area (Å²) in [7, 11) is 0. The van der Waals surface area contributed by atoms with Crippen molar-refractivity contribution < 1.29 is 9.53 Å². The van der Waals surface area contributed by atoms with E-state index in [0.29, 0.717) is 18.4 Å². The summed E-state index contributed by atoms with van der Waals surface area (Å²) in [4.78, 5) is 12.3. The fraction of sp³-hybridized carbons (Fsp3) is 0.611. The van der Waals surface area contributed by atoms with E-state index in [0.717, 1.165) is 24.2 Å². The first-order valence-corrected chi connectivity index (χ1v) is 8.20. The summed E-state index contributed by atoms with van der Waals surface area (Å²) in [6, 6.07) is 6.27. The molecule has 1 fully saturated rings. The summed E-state index contributed by atoms with van der Waals surface area (Å²) < 4.78 is 5.89. The summed E-state index contributed by atoms with van der Waals surface area (Å²) in [6.45, 7) is 8.57. The van der Waals surface area contributed by atoms with Crippen molar-refractivity contribution in [2.45, 2.75) is 58.6 Å². The Morgan fingerprint density at radius 1 is 1.36 bits per heavy atom. The second-order valence-corrected chi connectivity index (χ2v) is 6.63. The summed E-state index contributed by atoms with van der Waals surface area (Å²) in [6.07, 6.45) is 1.80. The highest BCUT2D eigenvalue weighted by atomic mass is 16.5. The van der Waals surface area contributed by atoms with Gasteiger partial charge < -0.3 is 15.8 Å². The standard InChI is InChI=1S/C18H28N2O2/c1-11(2)15-6-5-12(3)17(9-15)22-13(4)18(21)20-16(10-19)14-7-8-14/h5-6,9,11,13-14,16H,7-8,10,19H2,1-4H3,(H,20,21). The van der Waals surface area contributed by atoms with E-state index in [2.05, 4.69) is 25.2 Å². The number of carbonyl (C=O) groups is 1. The van der Waals surface area contributed by atoms with Gasteiger partial charge in [-0.3, -0.25) is 4.79 Å². The number of nitrogens with one attached hydrogen (secondary N) is 1. The molecule has 0 heterocycles. The van der Waals surface area contributed by atoms with Crippen molar-refractivity contribution in [1.82, 2.24) is 5.32 Å². The van der Waals surface area contributed by atoms with Crippen LogP contribution in [-0.4, -0.2) is 24.6 Å². The van der Waals surface area contributed by atoms with Crippen molar-refractivity contribution in [3.63, 3.8) is 0 Å². The number of aryl methyl sites for hydroxylation is 1. The highest BCUT2D eigenvalue weighted by molar-refractivity contribution is 5.81. The Morgan fingerprint density at radius 3 is 2.59 bits per heavy atom. The maximum Gasteiger partial charge on any atom is 0.261 e. The number of rotatable bonds is 7. The van der Waals surface area contributed by atoms with Crippen LogP contribution in [0.25, 0.3) is 0 Å². The Morgan fingerprint density at radius 2 is 2.05 bits per heavy atom. The summed E-state index contributed by atoms with van der Waals surface area (Å²) >= 11 is 0. The molecule has 4 nitrogen and oxygen atoms in total. The second-order valence-electron chi connectivity index (χ2n) is 6.63. The smallest absolute Gasteiger partial charge is 0.261 e. The highest BCUT2D eigenvalue weighted by Crippen LogP contribution is 2.32. The molecule has 2 rings (SSSR count). The fourth-order valence-corrected chi connectivity index (χ4v) is 2.51. The molecule has 0 aliphatic heterocycles. The Bertz CT molecular complexity index is 524. The molecule has 1 aromatic carbocycles. The molecule has 1 aliphatic carbocycles. The van der Waals surface area contributed by atoms with E-state index in [1.807, 2.05) is 19.1 Å². The zero-order valence-corrected chi connectivity index (χ0v) is 14.1. The molecule has 0 saturated heterocycles. The van der Waals surface area contributed by atoms with E-state index >= 15 is 0 Å². The molecule has 0 aromatic heterocycles. The lowest BCUT2D eigenvalue weighted by Gasteiger charge is -2.21. The van der Waals surface area contributed by atoms with Gasteiger partial charge in [-0.1, -0.05) is 26.0 Å². The van der Waals surface area contributed by atoms with E-state index in [1.54, 1.807) is 6.92 Å². The molecule has 4 heteroatoms. The third-order valence-corrected chi connectivity index (χ3v) is 4.32. The zero-order chi connectivity index (χ0) is 16.3. The number of nitrogens with two attached hydrogens (primary N) is 1. The van der Waals surface area contributed by atoms with Crippen LogP contribution < -0.4 is 15.8 Å². The van der Waals surface area contributed by atoms with E-state index in [1.165, 1.54) is 5.56 Å². The SMILES string of the molecule is Cc1ccc(C(C)C)cc1OC(C)C(=O)NC(CN)C1CC1. The van der Waals surface area contributed by atoms with Gasteiger partial charge in [-0.2, -0.15) is 0 Å². The Balaban J connectivity index is 1.99. The van der Waals surface area contributed by atoms with Crippen LogP contribution in [0.2, 0.25) is 0 Å². The summed E-state index contributed by atoms with van der Waals surface area (Å²) in [5.74, 6) is 1.68. The molecule has 0 bridgehead atoms. The van der Waals surface area contributed by atoms with Crippen LogP contribution in [0.5, 0.6) is 5.75 Å². The topological polar surface area (TPSA) is 64.3 Å². The monoisotopic (exact) mass is 304 g/mol. The van der Waals surface area contributed by atoms with Crippen LogP contribution in [0.1, 0.15) is 50.7 Å². The first-order valence-electron chi connectivity index (χ1n) is 8.20. The highest BCUT2D eigenvalue weighted by Gasteiger charge is 2.32. The molecule has 1 saturated carbocycles. The number of ether oxygens (including phenoxy) is 1. The molecular weight excluding hydrogens is 276 g/mol. The van der Waals surface area contributed by atoms with Crippen LogP contribution in [0.15, 0.2) is 18.2 Å². The van der Waals surface area contributed by atoms with Crippen LogP contribution in [0.4, 0.5) is 0 Å². The Labute approximate surface area is 133 Å². The number of amides is 1. The summed E-state index contributed by atoms with van der Waals surface area (Å²) in [5, 5.41) is 3.02. The van der Waals surface area contributed by atoms with Gasteiger partial charge in [0.2, 0.25) is 0 Å². The number of carbonyl (C=O) groups excluding carboxylic acids is 1. The van der Waals surface area contributed by atoms with Crippen molar-refractivity contribution in [3.05, 3.63) is 29.3 Å². The van der Waals surface area contributed by atoms with E-state index in [4.69, 9.17) is 10.5 Å². The predicted molar refractivity (Wildman–Crippen MR) is 89.1 cm³/mol. The molecule has 2 unspecified atom stereocenters. The van der Waals surface area contributed by atoms with Gasteiger partial charge in [0.1, 0.15) is 5.75 Å². The molecule has 122 valence electrons. The average molecular weight is 304 g/mol. The largest absolute Gasteiger partial charge is 0.481 e. The number of hydrogen-bond donors (Lipinski definition) is 2. The Hall–Kier alpha value is -1.55. The first kappa shape index (κ1) is 16.8. The summed E-state index contributed by atoms with van der Waals surface area (Å²) in [5.41, 5.74) is 7.99. The molecule has 0 spiro atoms. The number of hydrogen-bond acceptors (Lipinski definition) is 3. The Kier molecular flexibility index (Phi) is 5.46. The quantitative estimate of drug-likeness (QED) is 0.814. The van der Waals surface area contributed by atoms with Crippen molar-refractivity contribution >= 4 is 5.91 Å². The molecule has 1 aromatic rings. The molecule has 2 atom stereocenters. The average Bonchev–Trinajstić information content (AvgIpc) is 3.31. The molecule has 3 N–H and O–H groups in total. The van der Waals surface area contributed by atoms with Crippen LogP contribution in [0.3, 0.4) is 0 Å². The molecular formula is C18H28N2O2. The lowest BCUT2D eigenvalue weighted by Crippen LogP contribution is -2.46. The minimum Gasteiger partial charge on any atom is -0.481 e. The number of benzene rings is 1. The van der Waals surface area contributed by atoms with Gasteiger partial charge in [0, 0.05) is 12.6 Å². The maximum atomic E-state index is 12.3. The van der Waals surface area contributed by atoms with Gasteiger partial charge in [0.05, 0.1) is 0 Å². The molecule has 1 aliphatic rings. The van der Waals surface area contributed by atoms with Crippen molar-refractivity contribution in [2.75, 3.05) is 6.54 Å². The van der Waals surface area contributed by atoms with Crippen LogP contribution in [-0.2, 0) is 4.79 Å². The van der Waals surface area contributed by atoms with Gasteiger partial charge >= 0.3 is 0 Å². The van der Waals surface area contributed by atoms with Crippen LogP contribution in [0, 0.1) is 12.8 Å². The van der Waals surface area contributed by atoms with Crippen LogP contribution >= 0.6 is 0 Å².